The second-order valence-electron chi connectivity index (χ2n) is 4.48. The van der Waals surface area contributed by atoms with E-state index < -0.39 is 0 Å². The van der Waals surface area contributed by atoms with Gasteiger partial charge in [-0.25, -0.2) is 4.98 Å². The Kier molecular flexibility index (Phi) is 6.21. The van der Waals surface area contributed by atoms with Crippen LogP contribution in [0.5, 0.6) is 11.5 Å². The van der Waals surface area contributed by atoms with Gasteiger partial charge in [0.15, 0.2) is 17.3 Å². The van der Waals surface area contributed by atoms with Gasteiger partial charge in [0.05, 0.1) is 24.8 Å². The van der Waals surface area contributed by atoms with Crippen LogP contribution in [0.3, 0.4) is 0 Å². The van der Waals surface area contributed by atoms with Gasteiger partial charge in [-0.1, -0.05) is 0 Å². The number of hydrogen-bond donors (Lipinski definition) is 1. The van der Waals surface area contributed by atoms with E-state index in [1.807, 2.05) is 26.0 Å². The fourth-order valence-corrected chi connectivity index (χ4v) is 2.54. The van der Waals surface area contributed by atoms with Gasteiger partial charge < -0.3 is 14.2 Å². The first-order valence-corrected chi connectivity index (χ1v) is 7.98. The molecule has 1 heterocycles. The molecule has 0 radical (unpaired) electrons. The number of benzene rings is 1. The maximum Gasteiger partial charge on any atom is 0.181 e. The molecule has 0 bridgehead atoms. The summed E-state index contributed by atoms with van der Waals surface area (Å²) >= 11 is 3.50. The van der Waals surface area contributed by atoms with Gasteiger partial charge in [-0.05, 0) is 41.9 Å². The summed E-state index contributed by atoms with van der Waals surface area (Å²) < 4.78 is 17.1. The van der Waals surface area contributed by atoms with Crippen LogP contribution in [0.4, 0.5) is 0 Å². The van der Waals surface area contributed by atoms with Crippen molar-refractivity contribution in [2.24, 2.45) is 0 Å². The van der Waals surface area contributed by atoms with Crippen molar-refractivity contribution in [3.63, 3.8) is 0 Å². The maximum absolute atomic E-state index is 5.58. The Morgan fingerprint density at radius 2 is 2.05 bits per heavy atom. The maximum atomic E-state index is 5.58. The molecule has 0 saturated heterocycles. The van der Waals surface area contributed by atoms with E-state index in [0.29, 0.717) is 43.6 Å². The van der Waals surface area contributed by atoms with Crippen molar-refractivity contribution >= 4 is 15.9 Å². The number of hydrogen-bond acceptors (Lipinski definition) is 5. The Morgan fingerprint density at radius 3 is 2.73 bits per heavy atom. The average molecular weight is 370 g/mol. The smallest absolute Gasteiger partial charge is 0.181 e. The van der Waals surface area contributed by atoms with Gasteiger partial charge >= 0.3 is 0 Å². The predicted molar refractivity (Wildman–Crippen MR) is 87.4 cm³/mol. The fraction of sp³-hybridized carbons (Fsp3) is 0.467. The molecule has 2 aromatic rings. The van der Waals surface area contributed by atoms with Crippen molar-refractivity contribution in [1.29, 1.82) is 0 Å². The van der Waals surface area contributed by atoms with Crippen molar-refractivity contribution < 1.29 is 14.2 Å². The number of rotatable bonds is 8. The molecule has 6 nitrogen and oxygen atoms in total. The van der Waals surface area contributed by atoms with Crippen LogP contribution in [0.25, 0.3) is 11.4 Å². The quantitative estimate of drug-likeness (QED) is 0.723. The Labute approximate surface area is 138 Å². The van der Waals surface area contributed by atoms with E-state index in [1.54, 1.807) is 7.11 Å². The monoisotopic (exact) mass is 369 g/mol. The van der Waals surface area contributed by atoms with E-state index in [0.717, 1.165) is 15.9 Å². The molecule has 0 aliphatic rings. The Balaban J connectivity index is 2.23. The second kappa shape index (κ2) is 8.14. The van der Waals surface area contributed by atoms with E-state index >= 15 is 0 Å². The molecular weight excluding hydrogens is 350 g/mol. The highest BCUT2D eigenvalue weighted by Crippen LogP contribution is 2.38. The third-order valence-electron chi connectivity index (χ3n) is 3.00. The molecule has 0 saturated carbocycles. The number of nitrogens with zero attached hydrogens (tertiary/aromatic N) is 2. The molecule has 0 amide bonds. The van der Waals surface area contributed by atoms with Crippen LogP contribution in [-0.4, -0.2) is 42.1 Å². The lowest BCUT2D eigenvalue weighted by atomic mass is 10.2. The first kappa shape index (κ1) is 16.8. The summed E-state index contributed by atoms with van der Waals surface area (Å²) in [4.78, 5) is 4.48. The molecule has 120 valence electrons. The van der Waals surface area contributed by atoms with Gasteiger partial charge in [-0.2, -0.15) is 5.10 Å². The summed E-state index contributed by atoms with van der Waals surface area (Å²) in [5, 5.41) is 7.18. The first-order chi connectivity index (χ1) is 10.7. The Bertz CT molecular complexity index is 616. The lowest BCUT2D eigenvalue weighted by Crippen LogP contribution is -1.99. The lowest BCUT2D eigenvalue weighted by molar-refractivity contribution is 0.149. The molecule has 2 rings (SSSR count). The van der Waals surface area contributed by atoms with Crippen LogP contribution < -0.4 is 9.47 Å². The van der Waals surface area contributed by atoms with Gasteiger partial charge in [0.25, 0.3) is 0 Å². The number of aromatic amines is 1. The summed E-state index contributed by atoms with van der Waals surface area (Å²) in [5.41, 5.74) is 0.853. The van der Waals surface area contributed by atoms with Crippen molar-refractivity contribution in [2.75, 3.05) is 26.9 Å². The summed E-state index contributed by atoms with van der Waals surface area (Å²) in [6.45, 7) is 5.79. The summed E-state index contributed by atoms with van der Waals surface area (Å²) in [6, 6.07) is 3.79. The van der Waals surface area contributed by atoms with Crippen LogP contribution in [0, 0.1) is 0 Å². The van der Waals surface area contributed by atoms with Gasteiger partial charge in [-0.3, -0.25) is 5.10 Å². The number of H-pyrrole nitrogens is 1. The van der Waals surface area contributed by atoms with Crippen LogP contribution in [-0.2, 0) is 11.2 Å². The standard InChI is InChI=1S/C15H20BrN3O3/c1-4-21-7-6-13-17-15(19-18-13)10-8-11(16)14(22-5-2)12(9-10)20-3/h8-9H,4-7H2,1-3H3,(H,17,18,19). The highest BCUT2D eigenvalue weighted by Gasteiger charge is 2.14. The molecule has 22 heavy (non-hydrogen) atoms. The molecule has 1 aromatic carbocycles. The van der Waals surface area contributed by atoms with E-state index in [2.05, 4.69) is 31.1 Å². The highest BCUT2D eigenvalue weighted by molar-refractivity contribution is 9.10. The number of methoxy groups -OCH3 is 1. The molecule has 1 N–H and O–H groups in total. The predicted octanol–water partition coefficient (Wildman–Crippen LogP) is 3.22. The van der Waals surface area contributed by atoms with E-state index in [4.69, 9.17) is 14.2 Å². The van der Waals surface area contributed by atoms with Crippen LogP contribution in [0.15, 0.2) is 16.6 Å². The van der Waals surface area contributed by atoms with Crippen LogP contribution in [0.1, 0.15) is 19.7 Å². The Hall–Kier alpha value is -1.60. The minimum Gasteiger partial charge on any atom is -0.493 e. The van der Waals surface area contributed by atoms with Crippen molar-refractivity contribution in [1.82, 2.24) is 15.2 Å². The topological polar surface area (TPSA) is 69.3 Å². The van der Waals surface area contributed by atoms with Crippen molar-refractivity contribution in [3.8, 4) is 22.9 Å². The number of ether oxygens (including phenoxy) is 3. The average Bonchev–Trinajstić information content (AvgIpc) is 2.98. The lowest BCUT2D eigenvalue weighted by Gasteiger charge is -2.12. The number of nitrogens with one attached hydrogen (secondary N) is 1. The molecular formula is C15H20BrN3O3. The summed E-state index contributed by atoms with van der Waals surface area (Å²) in [5.74, 6) is 2.74. The SMILES string of the molecule is CCOCCc1nc(-c2cc(Br)c(OCC)c(OC)c2)n[nH]1. The second-order valence-corrected chi connectivity index (χ2v) is 5.33. The molecule has 1 aromatic heterocycles. The zero-order valence-electron chi connectivity index (χ0n) is 13.0. The van der Waals surface area contributed by atoms with E-state index in [1.165, 1.54) is 0 Å². The van der Waals surface area contributed by atoms with Crippen molar-refractivity contribution in [2.45, 2.75) is 20.3 Å². The molecule has 0 fully saturated rings. The van der Waals surface area contributed by atoms with Crippen LogP contribution >= 0.6 is 15.9 Å². The van der Waals surface area contributed by atoms with E-state index in [9.17, 15) is 0 Å². The molecule has 0 atom stereocenters. The zero-order valence-corrected chi connectivity index (χ0v) is 14.6. The third-order valence-corrected chi connectivity index (χ3v) is 3.58. The van der Waals surface area contributed by atoms with Gasteiger partial charge in [0.2, 0.25) is 0 Å². The zero-order chi connectivity index (χ0) is 15.9. The first-order valence-electron chi connectivity index (χ1n) is 7.19. The fourth-order valence-electron chi connectivity index (χ4n) is 1.98. The highest BCUT2D eigenvalue weighted by atomic mass is 79.9. The molecule has 0 spiro atoms. The van der Waals surface area contributed by atoms with E-state index in [-0.39, 0.29) is 0 Å². The van der Waals surface area contributed by atoms with Gasteiger partial charge in [0.1, 0.15) is 5.82 Å². The molecule has 7 heteroatoms. The van der Waals surface area contributed by atoms with Crippen molar-refractivity contribution in [3.05, 3.63) is 22.4 Å². The normalized spacial score (nSPS) is 10.7. The van der Waals surface area contributed by atoms with Crippen LogP contribution in [0.2, 0.25) is 0 Å². The van der Waals surface area contributed by atoms with Gasteiger partial charge in [0, 0.05) is 18.6 Å². The molecule has 0 unspecified atom stereocenters. The Morgan fingerprint density at radius 1 is 1.23 bits per heavy atom. The summed E-state index contributed by atoms with van der Waals surface area (Å²) in [6.07, 6.45) is 0.705. The largest absolute Gasteiger partial charge is 0.493 e. The molecule has 0 aliphatic carbocycles. The van der Waals surface area contributed by atoms with Gasteiger partial charge in [-0.15, -0.1) is 0 Å². The number of halogens is 1. The minimum atomic E-state index is 0.566. The molecule has 0 aliphatic heterocycles. The minimum absolute atomic E-state index is 0.566. The number of aromatic nitrogens is 3. The third kappa shape index (κ3) is 3.98. The summed E-state index contributed by atoms with van der Waals surface area (Å²) in [7, 11) is 1.61.